The second-order valence-electron chi connectivity index (χ2n) is 9.82. The highest BCUT2D eigenvalue weighted by molar-refractivity contribution is 5.89. The van der Waals surface area contributed by atoms with E-state index >= 15 is 0 Å². The summed E-state index contributed by atoms with van der Waals surface area (Å²) in [5, 5.41) is 11.6. The molecule has 1 aliphatic rings. The lowest BCUT2D eigenvalue weighted by molar-refractivity contribution is -0.142. The van der Waals surface area contributed by atoms with Crippen LogP contribution in [0.3, 0.4) is 0 Å². The smallest absolute Gasteiger partial charge is 0.247 e. The molecule has 1 aromatic heterocycles. The maximum absolute atomic E-state index is 13.9. The molecule has 0 bridgehead atoms. The van der Waals surface area contributed by atoms with Crippen LogP contribution in [0.4, 0.5) is 0 Å². The zero-order chi connectivity index (χ0) is 25.5. The molecule has 0 radical (unpaired) electrons. The van der Waals surface area contributed by atoms with Crippen molar-refractivity contribution >= 4 is 22.8 Å². The van der Waals surface area contributed by atoms with Crippen molar-refractivity contribution in [2.75, 3.05) is 39.4 Å². The third kappa shape index (κ3) is 6.27. The summed E-state index contributed by atoms with van der Waals surface area (Å²) in [6, 6.07) is 16.3. The zero-order valence-electron chi connectivity index (χ0n) is 21.4. The molecule has 1 saturated heterocycles. The van der Waals surface area contributed by atoms with Gasteiger partial charge in [0.2, 0.25) is 11.8 Å². The Morgan fingerprint density at radius 2 is 1.78 bits per heavy atom. The van der Waals surface area contributed by atoms with Crippen molar-refractivity contribution < 1.29 is 14.3 Å². The minimum atomic E-state index is -0.764. The number of carbonyl (C=O) groups excluding carboxylic acids is 2. The lowest BCUT2D eigenvalue weighted by Crippen LogP contribution is -2.52. The molecule has 0 aliphatic carbocycles. The third-order valence-electron chi connectivity index (χ3n) is 6.81. The highest BCUT2D eigenvalue weighted by Crippen LogP contribution is 2.24. The van der Waals surface area contributed by atoms with E-state index in [2.05, 4.69) is 20.5 Å². The Morgan fingerprint density at radius 1 is 1.08 bits per heavy atom. The van der Waals surface area contributed by atoms with E-state index in [9.17, 15) is 9.59 Å². The number of hydrogen-bond donors (Lipinski definition) is 1. The maximum atomic E-state index is 13.9. The lowest BCUT2D eigenvalue weighted by Gasteiger charge is -2.36. The van der Waals surface area contributed by atoms with E-state index in [1.54, 1.807) is 9.58 Å². The monoisotopic (exact) mass is 492 g/mol. The van der Waals surface area contributed by atoms with Crippen LogP contribution in [0.2, 0.25) is 0 Å². The summed E-state index contributed by atoms with van der Waals surface area (Å²) in [7, 11) is 0. The molecule has 2 aromatic carbocycles. The van der Waals surface area contributed by atoms with Gasteiger partial charge in [0.25, 0.3) is 0 Å². The fourth-order valence-corrected chi connectivity index (χ4v) is 4.32. The first kappa shape index (κ1) is 25.8. The first-order valence-corrected chi connectivity index (χ1v) is 12.6. The normalized spacial score (nSPS) is 15.5. The molecular formula is C27H36N6O3. The standard InChI is InChI=1S/C27H36N6O3/c1-4-27(2,3)28-26(35)25(21-10-6-5-7-11-21)32(15-14-31-16-18-36-19-17-31)24(34)20-33-23-13-9-8-12-22(23)29-30-33/h5-13,25H,4,14-20H2,1-3H3,(H,28,35)/t25-/m1/s1. The van der Waals surface area contributed by atoms with Gasteiger partial charge in [-0.25, -0.2) is 4.68 Å². The molecule has 9 nitrogen and oxygen atoms in total. The quantitative estimate of drug-likeness (QED) is 0.468. The number of aromatic nitrogens is 3. The summed E-state index contributed by atoms with van der Waals surface area (Å²) in [5.41, 5.74) is 1.89. The molecule has 0 unspecified atom stereocenters. The summed E-state index contributed by atoms with van der Waals surface area (Å²) >= 11 is 0. The van der Waals surface area contributed by atoms with Crippen LogP contribution in [0.1, 0.15) is 38.8 Å². The summed E-state index contributed by atoms with van der Waals surface area (Å²) in [6.45, 7) is 10.0. The Labute approximate surface area is 212 Å². The summed E-state index contributed by atoms with van der Waals surface area (Å²) in [4.78, 5) is 31.6. The molecular weight excluding hydrogens is 456 g/mol. The van der Waals surface area contributed by atoms with E-state index in [1.165, 1.54) is 0 Å². The Bertz CT molecular complexity index is 1160. The second-order valence-corrected chi connectivity index (χ2v) is 9.82. The van der Waals surface area contributed by atoms with Gasteiger partial charge in [-0.3, -0.25) is 14.5 Å². The minimum absolute atomic E-state index is 0.00257. The number of hydrogen-bond acceptors (Lipinski definition) is 6. The van der Waals surface area contributed by atoms with Crippen LogP contribution < -0.4 is 5.32 Å². The molecule has 1 atom stereocenters. The van der Waals surface area contributed by atoms with Crippen molar-refractivity contribution in [1.29, 1.82) is 0 Å². The van der Waals surface area contributed by atoms with Gasteiger partial charge in [-0.1, -0.05) is 54.6 Å². The third-order valence-corrected chi connectivity index (χ3v) is 6.81. The number of rotatable bonds is 10. The van der Waals surface area contributed by atoms with Gasteiger partial charge in [0.15, 0.2) is 0 Å². The van der Waals surface area contributed by atoms with Crippen LogP contribution in [0.15, 0.2) is 54.6 Å². The summed E-state index contributed by atoms with van der Waals surface area (Å²) in [6.07, 6.45) is 0.771. The molecule has 4 rings (SSSR count). The van der Waals surface area contributed by atoms with Crippen LogP contribution >= 0.6 is 0 Å². The highest BCUT2D eigenvalue weighted by atomic mass is 16.5. The Balaban J connectivity index is 1.66. The number of nitrogens with zero attached hydrogens (tertiary/aromatic N) is 5. The van der Waals surface area contributed by atoms with Crippen LogP contribution in [-0.2, 0) is 20.9 Å². The summed E-state index contributed by atoms with van der Waals surface area (Å²) in [5.74, 6) is -0.371. The first-order chi connectivity index (χ1) is 17.4. The molecule has 1 N–H and O–H groups in total. The van der Waals surface area contributed by atoms with E-state index in [0.717, 1.165) is 36.1 Å². The largest absolute Gasteiger partial charge is 0.379 e. The second kappa shape index (κ2) is 11.6. The van der Waals surface area contributed by atoms with Crippen LogP contribution in [0, 0.1) is 0 Å². The molecule has 2 amide bonds. The van der Waals surface area contributed by atoms with Gasteiger partial charge >= 0.3 is 0 Å². The van der Waals surface area contributed by atoms with Crippen LogP contribution in [-0.4, -0.2) is 81.5 Å². The molecule has 9 heteroatoms. The SMILES string of the molecule is CCC(C)(C)NC(=O)[C@@H](c1ccccc1)N(CCN1CCOCC1)C(=O)Cn1nnc2ccccc21. The average molecular weight is 493 g/mol. The molecule has 0 saturated carbocycles. The van der Waals surface area contributed by atoms with Crippen LogP contribution in [0.5, 0.6) is 0 Å². The predicted octanol–water partition coefficient (Wildman–Crippen LogP) is 2.64. The Hall–Kier alpha value is -3.30. The van der Waals surface area contributed by atoms with Gasteiger partial charge in [-0.05, 0) is 38.0 Å². The number of ether oxygens (including phenoxy) is 1. The van der Waals surface area contributed by atoms with Crippen molar-refractivity contribution in [3.8, 4) is 0 Å². The number of fused-ring (bicyclic) bond motifs is 1. The average Bonchev–Trinajstić information content (AvgIpc) is 3.30. The number of nitrogens with one attached hydrogen (secondary N) is 1. The van der Waals surface area contributed by atoms with E-state index in [-0.39, 0.29) is 18.4 Å². The van der Waals surface area contributed by atoms with Gasteiger partial charge in [0, 0.05) is 31.7 Å². The van der Waals surface area contributed by atoms with E-state index in [0.29, 0.717) is 26.3 Å². The number of carbonyl (C=O) groups is 2. The first-order valence-electron chi connectivity index (χ1n) is 12.6. The van der Waals surface area contributed by atoms with Crippen molar-refractivity contribution in [2.24, 2.45) is 0 Å². The van der Waals surface area contributed by atoms with Crippen molar-refractivity contribution in [1.82, 2.24) is 30.1 Å². The van der Waals surface area contributed by atoms with Crippen molar-refractivity contribution in [2.45, 2.75) is 45.3 Å². The Morgan fingerprint density at radius 3 is 2.50 bits per heavy atom. The zero-order valence-corrected chi connectivity index (χ0v) is 21.4. The molecule has 192 valence electrons. The topological polar surface area (TPSA) is 92.6 Å². The van der Waals surface area contributed by atoms with Crippen molar-refractivity contribution in [3.05, 3.63) is 60.2 Å². The number of para-hydroxylation sites is 1. The number of benzene rings is 2. The van der Waals surface area contributed by atoms with Crippen molar-refractivity contribution in [3.63, 3.8) is 0 Å². The molecule has 1 fully saturated rings. The number of morpholine rings is 1. The predicted molar refractivity (Wildman–Crippen MR) is 138 cm³/mol. The van der Waals surface area contributed by atoms with E-state index in [1.807, 2.05) is 75.4 Å². The highest BCUT2D eigenvalue weighted by Gasteiger charge is 2.34. The summed E-state index contributed by atoms with van der Waals surface area (Å²) < 4.78 is 7.09. The lowest BCUT2D eigenvalue weighted by atomic mass is 9.98. The van der Waals surface area contributed by atoms with E-state index < -0.39 is 11.6 Å². The van der Waals surface area contributed by atoms with Gasteiger partial charge in [0.05, 0.1) is 18.7 Å². The fraction of sp³-hybridized carbons (Fsp3) is 0.481. The molecule has 36 heavy (non-hydrogen) atoms. The molecule has 1 aliphatic heterocycles. The van der Waals surface area contributed by atoms with E-state index in [4.69, 9.17) is 4.74 Å². The fourth-order valence-electron chi connectivity index (χ4n) is 4.32. The van der Waals surface area contributed by atoms with Gasteiger partial charge in [0.1, 0.15) is 18.1 Å². The molecule has 2 heterocycles. The minimum Gasteiger partial charge on any atom is -0.379 e. The maximum Gasteiger partial charge on any atom is 0.247 e. The van der Waals surface area contributed by atoms with Gasteiger partial charge < -0.3 is 15.0 Å². The molecule has 0 spiro atoms. The Kier molecular flexibility index (Phi) is 8.32. The number of amides is 2. The molecule has 3 aromatic rings. The van der Waals surface area contributed by atoms with Gasteiger partial charge in [-0.2, -0.15) is 0 Å². The van der Waals surface area contributed by atoms with Crippen LogP contribution in [0.25, 0.3) is 11.0 Å². The van der Waals surface area contributed by atoms with Gasteiger partial charge in [-0.15, -0.1) is 5.10 Å².